The predicted octanol–water partition coefficient (Wildman–Crippen LogP) is 4.98. The summed E-state index contributed by atoms with van der Waals surface area (Å²) in [6.45, 7) is 13.9. The van der Waals surface area contributed by atoms with Crippen LogP contribution in [0.3, 0.4) is 0 Å². The van der Waals surface area contributed by atoms with E-state index in [2.05, 4.69) is 22.5 Å². The fourth-order valence-corrected chi connectivity index (χ4v) is 4.60. The largest absolute Gasteiger partial charge is 0.375 e. The fraction of sp³-hybridized carbons (Fsp3) is 0.333. The molecule has 0 bridgehead atoms. The number of carbonyl (C=O) groups is 2. The molecule has 0 fully saturated rings. The normalized spacial score (nSPS) is 18.2. The molecule has 0 radical (unpaired) electrons. The quantitative estimate of drug-likeness (QED) is 0.510. The highest BCUT2D eigenvalue weighted by Crippen LogP contribution is 2.44. The molecule has 1 amide bonds. The lowest BCUT2D eigenvalue weighted by molar-refractivity contribution is -0.135. The van der Waals surface area contributed by atoms with Crippen LogP contribution in [0.5, 0.6) is 0 Å². The van der Waals surface area contributed by atoms with Crippen molar-refractivity contribution in [2.75, 3.05) is 11.4 Å². The average Bonchev–Trinajstić information content (AvgIpc) is 2.87. The van der Waals surface area contributed by atoms with E-state index in [4.69, 9.17) is 0 Å². The van der Waals surface area contributed by atoms with E-state index in [9.17, 15) is 14.7 Å². The van der Waals surface area contributed by atoms with E-state index in [1.54, 1.807) is 18.2 Å². The molecular formula is C24H26BrNO3. The number of amides is 1. The van der Waals surface area contributed by atoms with Crippen LogP contribution in [0.1, 0.15) is 50.2 Å². The Bertz CT molecular complexity index is 1030. The van der Waals surface area contributed by atoms with Gasteiger partial charge in [0.25, 0.3) is 5.91 Å². The number of rotatable bonds is 5. The summed E-state index contributed by atoms with van der Waals surface area (Å²) in [5.74, 6) is -0.719. The summed E-state index contributed by atoms with van der Waals surface area (Å²) in [5, 5.41) is 11.5. The summed E-state index contributed by atoms with van der Waals surface area (Å²) < 4.78 is 0.741. The van der Waals surface area contributed by atoms with E-state index in [0.29, 0.717) is 16.8 Å². The van der Waals surface area contributed by atoms with Gasteiger partial charge in [-0.2, -0.15) is 0 Å². The summed E-state index contributed by atoms with van der Waals surface area (Å²) in [5.41, 5.74) is 4.87. The van der Waals surface area contributed by atoms with E-state index in [0.717, 1.165) is 26.7 Å². The van der Waals surface area contributed by atoms with Crippen molar-refractivity contribution in [1.29, 1.82) is 0 Å². The van der Waals surface area contributed by atoms with Crippen molar-refractivity contribution in [1.82, 2.24) is 0 Å². The highest BCUT2D eigenvalue weighted by Gasteiger charge is 2.51. The predicted molar refractivity (Wildman–Crippen MR) is 120 cm³/mol. The smallest absolute Gasteiger partial charge is 0.264 e. The van der Waals surface area contributed by atoms with Crippen molar-refractivity contribution in [2.24, 2.45) is 0 Å². The molecule has 0 spiro atoms. The molecule has 4 nitrogen and oxygen atoms in total. The molecule has 1 aliphatic rings. The number of carbonyl (C=O) groups excluding carboxylic acids is 2. The van der Waals surface area contributed by atoms with Crippen molar-refractivity contribution in [3.63, 3.8) is 0 Å². The highest BCUT2D eigenvalue weighted by molar-refractivity contribution is 9.10. The monoisotopic (exact) mass is 455 g/mol. The van der Waals surface area contributed by atoms with E-state index < -0.39 is 11.5 Å². The lowest BCUT2D eigenvalue weighted by Crippen LogP contribution is -2.42. The van der Waals surface area contributed by atoms with Crippen LogP contribution >= 0.6 is 15.9 Å². The number of hydrogen-bond donors (Lipinski definition) is 1. The Balaban J connectivity index is 2.11. The van der Waals surface area contributed by atoms with Crippen LogP contribution in [0.4, 0.5) is 5.69 Å². The lowest BCUT2D eigenvalue weighted by atomic mass is 9.82. The average molecular weight is 456 g/mol. The molecular weight excluding hydrogens is 430 g/mol. The van der Waals surface area contributed by atoms with Gasteiger partial charge < -0.3 is 10.0 Å². The molecule has 1 heterocycles. The number of Topliss-reactive ketones (excluding diaryl/α,β-unsaturated/α-hetero) is 1. The zero-order valence-corrected chi connectivity index (χ0v) is 19.1. The van der Waals surface area contributed by atoms with E-state index in [1.165, 1.54) is 10.5 Å². The Labute approximate surface area is 180 Å². The Morgan fingerprint density at radius 2 is 1.66 bits per heavy atom. The highest BCUT2D eigenvalue weighted by atomic mass is 79.9. The fourth-order valence-electron chi connectivity index (χ4n) is 4.24. The summed E-state index contributed by atoms with van der Waals surface area (Å²) in [7, 11) is 0. The number of nitrogens with zero attached hydrogens (tertiary/aromatic N) is 1. The summed E-state index contributed by atoms with van der Waals surface area (Å²) >= 11 is 3.41. The SMILES string of the molecule is C=CCN1C(=O)[C@](O)(CC(=O)c2c(C)c(C)c(C)c(C)c2C)c2cc(Br)ccc21. The van der Waals surface area contributed by atoms with Crippen LogP contribution in [0.2, 0.25) is 0 Å². The first-order valence-corrected chi connectivity index (χ1v) is 10.4. The second-order valence-corrected chi connectivity index (χ2v) is 8.74. The summed E-state index contributed by atoms with van der Waals surface area (Å²) in [6.07, 6.45) is 1.31. The van der Waals surface area contributed by atoms with Gasteiger partial charge in [0.15, 0.2) is 11.4 Å². The van der Waals surface area contributed by atoms with Crippen molar-refractivity contribution >= 4 is 33.3 Å². The molecule has 1 N–H and O–H groups in total. The molecule has 0 saturated heterocycles. The molecule has 0 saturated carbocycles. The van der Waals surface area contributed by atoms with Crippen molar-refractivity contribution in [2.45, 2.75) is 46.6 Å². The van der Waals surface area contributed by atoms with E-state index in [1.807, 2.05) is 40.7 Å². The van der Waals surface area contributed by atoms with Crippen molar-refractivity contribution in [3.8, 4) is 0 Å². The molecule has 29 heavy (non-hydrogen) atoms. The third-order valence-corrected chi connectivity index (χ3v) is 6.79. The maximum absolute atomic E-state index is 13.4. The van der Waals surface area contributed by atoms with Crippen LogP contribution in [0.25, 0.3) is 0 Å². The van der Waals surface area contributed by atoms with Crippen molar-refractivity contribution < 1.29 is 14.7 Å². The van der Waals surface area contributed by atoms with Gasteiger partial charge in [-0.15, -0.1) is 6.58 Å². The molecule has 5 heteroatoms. The molecule has 3 rings (SSSR count). The first-order valence-electron chi connectivity index (χ1n) is 9.60. The molecule has 2 aromatic carbocycles. The molecule has 1 aliphatic heterocycles. The van der Waals surface area contributed by atoms with Crippen LogP contribution in [-0.2, 0) is 10.4 Å². The molecule has 2 aromatic rings. The maximum Gasteiger partial charge on any atom is 0.264 e. The molecule has 0 aromatic heterocycles. The zero-order chi connectivity index (χ0) is 21.7. The van der Waals surface area contributed by atoms with Gasteiger partial charge in [-0.1, -0.05) is 22.0 Å². The third-order valence-electron chi connectivity index (χ3n) is 6.30. The minimum Gasteiger partial charge on any atom is -0.375 e. The first-order chi connectivity index (χ1) is 13.5. The van der Waals surface area contributed by atoms with Crippen LogP contribution in [0, 0.1) is 34.6 Å². The number of aliphatic hydroxyl groups is 1. The second kappa shape index (κ2) is 7.54. The third kappa shape index (κ3) is 3.26. The second-order valence-electron chi connectivity index (χ2n) is 7.83. The van der Waals surface area contributed by atoms with Gasteiger partial charge in [0, 0.05) is 22.1 Å². The molecule has 1 atom stereocenters. The molecule has 0 unspecified atom stereocenters. The van der Waals surface area contributed by atoms with Gasteiger partial charge in [0.05, 0.1) is 12.1 Å². The van der Waals surface area contributed by atoms with E-state index in [-0.39, 0.29) is 18.7 Å². The Morgan fingerprint density at radius 1 is 1.10 bits per heavy atom. The van der Waals surface area contributed by atoms with Crippen molar-refractivity contribution in [3.05, 3.63) is 74.3 Å². The van der Waals surface area contributed by atoms with E-state index >= 15 is 0 Å². The van der Waals surface area contributed by atoms with Gasteiger partial charge in [0.2, 0.25) is 0 Å². The standard InChI is InChI=1S/C24H26BrNO3/c1-7-10-26-20-9-8-18(25)11-19(20)24(29,23(26)28)12-21(27)22-16(5)14(3)13(2)15(4)17(22)6/h7-9,11,29H,1,10,12H2,2-6H3/t24-/m0/s1. The Morgan fingerprint density at radius 3 is 2.21 bits per heavy atom. The Hall–Kier alpha value is -2.24. The summed E-state index contributed by atoms with van der Waals surface area (Å²) in [4.78, 5) is 28.1. The number of fused-ring (bicyclic) bond motifs is 1. The molecule has 152 valence electrons. The zero-order valence-electron chi connectivity index (χ0n) is 17.5. The number of anilines is 1. The van der Waals surface area contributed by atoms with Gasteiger partial charge in [0.1, 0.15) is 0 Å². The minimum atomic E-state index is -1.90. The van der Waals surface area contributed by atoms with Crippen LogP contribution < -0.4 is 4.90 Å². The number of benzene rings is 2. The molecule has 0 aliphatic carbocycles. The first kappa shape index (κ1) is 21.5. The summed E-state index contributed by atoms with van der Waals surface area (Å²) in [6, 6.07) is 5.31. The number of hydrogen-bond acceptors (Lipinski definition) is 3. The number of halogens is 1. The topological polar surface area (TPSA) is 57.6 Å². The van der Waals surface area contributed by atoms with Gasteiger partial charge in [-0.3, -0.25) is 9.59 Å². The van der Waals surface area contributed by atoms with Gasteiger partial charge in [-0.25, -0.2) is 0 Å². The van der Waals surface area contributed by atoms with Crippen LogP contribution in [-0.4, -0.2) is 23.3 Å². The lowest BCUT2D eigenvalue weighted by Gasteiger charge is -2.24. The van der Waals surface area contributed by atoms with Crippen LogP contribution in [0.15, 0.2) is 35.3 Å². The van der Waals surface area contributed by atoms with Gasteiger partial charge >= 0.3 is 0 Å². The Kier molecular flexibility index (Phi) is 5.58. The number of ketones is 1. The maximum atomic E-state index is 13.4. The minimum absolute atomic E-state index is 0.228. The van der Waals surface area contributed by atoms with Gasteiger partial charge in [-0.05, 0) is 80.6 Å².